The van der Waals surface area contributed by atoms with E-state index >= 15 is 0 Å². The average Bonchev–Trinajstić information content (AvgIpc) is 2.89. The van der Waals surface area contributed by atoms with Gasteiger partial charge in [-0.15, -0.1) is 0 Å². The zero-order chi connectivity index (χ0) is 14.6. The fourth-order valence-corrected chi connectivity index (χ4v) is 3.60. The van der Waals surface area contributed by atoms with Crippen molar-refractivity contribution in [2.24, 2.45) is 0 Å². The molecule has 2 saturated heterocycles. The van der Waals surface area contributed by atoms with Gasteiger partial charge in [-0.05, 0) is 52.6 Å². The van der Waals surface area contributed by atoms with Gasteiger partial charge in [0.15, 0.2) is 0 Å². The summed E-state index contributed by atoms with van der Waals surface area (Å²) in [6.45, 7) is 12.7. The van der Waals surface area contributed by atoms with Gasteiger partial charge in [-0.25, -0.2) is 0 Å². The lowest BCUT2D eigenvalue weighted by Crippen LogP contribution is -2.56. The van der Waals surface area contributed by atoms with E-state index in [1.54, 1.807) is 0 Å². The zero-order valence-electron chi connectivity index (χ0n) is 13.6. The van der Waals surface area contributed by atoms with Crippen LogP contribution in [0.15, 0.2) is 0 Å². The Bertz CT molecular complexity index is 299. The molecule has 0 aliphatic carbocycles. The van der Waals surface area contributed by atoms with Crippen LogP contribution in [0, 0.1) is 0 Å². The van der Waals surface area contributed by atoms with E-state index in [-0.39, 0.29) is 12.1 Å². The molecule has 0 aromatic carbocycles. The van der Waals surface area contributed by atoms with Crippen LogP contribution in [0.1, 0.15) is 46.5 Å². The first-order chi connectivity index (χ1) is 9.58. The lowest BCUT2D eigenvalue weighted by atomic mass is 9.97. The third kappa shape index (κ3) is 3.94. The van der Waals surface area contributed by atoms with Crippen LogP contribution in [0.2, 0.25) is 0 Å². The Morgan fingerprint density at radius 1 is 1.35 bits per heavy atom. The molecule has 0 aromatic rings. The predicted octanol–water partition coefficient (Wildman–Crippen LogP) is 1.30. The van der Waals surface area contributed by atoms with Crippen molar-refractivity contribution in [2.45, 2.75) is 64.1 Å². The number of aliphatic hydroxyl groups excluding tert-OH is 1. The number of rotatable bonds is 7. The standard InChI is InChI=1S/C16H33N3O/c1-4-8-17-16(3,13-20)7-10-18-12-15-6-5-9-19(15)11-14(18)2/h14-15,17,20H,4-13H2,1-3H3. The zero-order valence-corrected chi connectivity index (χ0v) is 13.6. The van der Waals surface area contributed by atoms with Gasteiger partial charge in [-0.3, -0.25) is 9.80 Å². The molecule has 20 heavy (non-hydrogen) atoms. The first-order valence-electron chi connectivity index (χ1n) is 8.42. The molecule has 0 amide bonds. The number of nitrogens with zero attached hydrogens (tertiary/aromatic N) is 2. The van der Waals surface area contributed by atoms with Crippen LogP contribution in [-0.4, -0.2) is 71.9 Å². The maximum atomic E-state index is 9.67. The SMILES string of the molecule is CCCNC(C)(CO)CCN1CC2CCCN2CC1C. The fraction of sp³-hybridized carbons (Fsp3) is 1.00. The van der Waals surface area contributed by atoms with Crippen molar-refractivity contribution < 1.29 is 5.11 Å². The Hall–Kier alpha value is -0.160. The first kappa shape index (κ1) is 16.2. The van der Waals surface area contributed by atoms with Crippen LogP contribution in [0.3, 0.4) is 0 Å². The molecule has 0 saturated carbocycles. The summed E-state index contributed by atoms with van der Waals surface area (Å²) < 4.78 is 0. The Balaban J connectivity index is 1.82. The molecule has 2 heterocycles. The molecule has 2 aliphatic heterocycles. The minimum absolute atomic E-state index is 0.122. The van der Waals surface area contributed by atoms with E-state index in [4.69, 9.17) is 0 Å². The van der Waals surface area contributed by atoms with Gasteiger partial charge in [0.05, 0.1) is 6.61 Å². The normalized spacial score (nSPS) is 31.2. The van der Waals surface area contributed by atoms with Gasteiger partial charge < -0.3 is 10.4 Å². The molecule has 2 rings (SSSR count). The predicted molar refractivity (Wildman–Crippen MR) is 84.0 cm³/mol. The average molecular weight is 283 g/mol. The molecular weight excluding hydrogens is 250 g/mol. The van der Waals surface area contributed by atoms with Crippen molar-refractivity contribution in [1.29, 1.82) is 0 Å². The molecule has 2 fully saturated rings. The molecule has 3 atom stereocenters. The molecular formula is C16H33N3O. The Morgan fingerprint density at radius 2 is 2.15 bits per heavy atom. The van der Waals surface area contributed by atoms with Crippen LogP contribution in [0.5, 0.6) is 0 Å². The molecule has 0 bridgehead atoms. The van der Waals surface area contributed by atoms with Gasteiger partial charge in [-0.1, -0.05) is 6.92 Å². The highest BCUT2D eigenvalue weighted by Crippen LogP contribution is 2.25. The summed E-state index contributed by atoms with van der Waals surface area (Å²) in [7, 11) is 0. The quantitative estimate of drug-likeness (QED) is 0.739. The highest BCUT2D eigenvalue weighted by molar-refractivity contribution is 4.92. The summed E-state index contributed by atoms with van der Waals surface area (Å²) in [4.78, 5) is 5.30. The smallest absolute Gasteiger partial charge is 0.0611 e. The van der Waals surface area contributed by atoms with Crippen LogP contribution < -0.4 is 5.32 Å². The Kier molecular flexibility index (Phi) is 5.84. The fourth-order valence-electron chi connectivity index (χ4n) is 3.60. The lowest BCUT2D eigenvalue weighted by Gasteiger charge is -2.43. The van der Waals surface area contributed by atoms with Gasteiger partial charge in [0.1, 0.15) is 0 Å². The third-order valence-corrected chi connectivity index (χ3v) is 5.17. The molecule has 4 nitrogen and oxygen atoms in total. The van der Waals surface area contributed by atoms with E-state index < -0.39 is 0 Å². The minimum atomic E-state index is -0.122. The molecule has 0 aromatic heterocycles. The number of aliphatic hydroxyl groups is 1. The van der Waals surface area contributed by atoms with E-state index in [9.17, 15) is 5.11 Å². The highest BCUT2D eigenvalue weighted by Gasteiger charge is 2.35. The molecule has 2 aliphatic rings. The second-order valence-corrected chi connectivity index (χ2v) is 7.03. The second-order valence-electron chi connectivity index (χ2n) is 7.03. The monoisotopic (exact) mass is 283 g/mol. The van der Waals surface area contributed by atoms with Crippen molar-refractivity contribution in [2.75, 3.05) is 39.3 Å². The van der Waals surface area contributed by atoms with Crippen molar-refractivity contribution in [1.82, 2.24) is 15.1 Å². The molecule has 0 spiro atoms. The Labute approximate surface area is 124 Å². The van der Waals surface area contributed by atoms with Gasteiger partial charge >= 0.3 is 0 Å². The van der Waals surface area contributed by atoms with Crippen molar-refractivity contribution >= 4 is 0 Å². The highest BCUT2D eigenvalue weighted by atomic mass is 16.3. The third-order valence-electron chi connectivity index (χ3n) is 5.17. The van der Waals surface area contributed by atoms with Crippen LogP contribution in [0.25, 0.3) is 0 Å². The van der Waals surface area contributed by atoms with E-state index in [0.717, 1.165) is 32.0 Å². The van der Waals surface area contributed by atoms with Gasteiger partial charge in [0, 0.05) is 37.3 Å². The van der Waals surface area contributed by atoms with E-state index in [2.05, 4.69) is 35.9 Å². The van der Waals surface area contributed by atoms with Crippen molar-refractivity contribution in [3.8, 4) is 0 Å². The summed E-state index contributed by atoms with van der Waals surface area (Å²) in [6, 6.07) is 1.44. The van der Waals surface area contributed by atoms with E-state index in [0.29, 0.717) is 6.04 Å². The van der Waals surface area contributed by atoms with E-state index in [1.165, 1.54) is 32.5 Å². The number of nitrogens with one attached hydrogen (secondary N) is 1. The molecule has 3 unspecified atom stereocenters. The molecule has 2 N–H and O–H groups in total. The van der Waals surface area contributed by atoms with Crippen LogP contribution >= 0.6 is 0 Å². The van der Waals surface area contributed by atoms with Crippen molar-refractivity contribution in [3.05, 3.63) is 0 Å². The van der Waals surface area contributed by atoms with Gasteiger partial charge in [0.2, 0.25) is 0 Å². The molecule has 118 valence electrons. The summed E-state index contributed by atoms with van der Waals surface area (Å²) in [5, 5.41) is 13.2. The van der Waals surface area contributed by atoms with Gasteiger partial charge in [-0.2, -0.15) is 0 Å². The maximum Gasteiger partial charge on any atom is 0.0611 e. The second kappa shape index (κ2) is 7.21. The van der Waals surface area contributed by atoms with Crippen molar-refractivity contribution in [3.63, 3.8) is 0 Å². The number of fused-ring (bicyclic) bond motifs is 1. The first-order valence-corrected chi connectivity index (χ1v) is 8.42. The summed E-state index contributed by atoms with van der Waals surface area (Å²) in [5.41, 5.74) is -0.122. The van der Waals surface area contributed by atoms with Crippen LogP contribution in [0.4, 0.5) is 0 Å². The molecule has 0 radical (unpaired) electrons. The molecule has 4 heteroatoms. The summed E-state index contributed by atoms with van der Waals surface area (Å²) in [5.74, 6) is 0. The number of piperazine rings is 1. The summed E-state index contributed by atoms with van der Waals surface area (Å²) >= 11 is 0. The topological polar surface area (TPSA) is 38.7 Å². The largest absolute Gasteiger partial charge is 0.394 e. The van der Waals surface area contributed by atoms with Gasteiger partial charge in [0.25, 0.3) is 0 Å². The van der Waals surface area contributed by atoms with E-state index in [1.807, 2.05) is 0 Å². The van der Waals surface area contributed by atoms with Crippen LogP contribution in [-0.2, 0) is 0 Å². The number of hydrogen-bond donors (Lipinski definition) is 2. The summed E-state index contributed by atoms with van der Waals surface area (Å²) in [6.07, 6.45) is 4.89. The lowest BCUT2D eigenvalue weighted by molar-refractivity contribution is 0.0478. The minimum Gasteiger partial charge on any atom is -0.394 e. The number of hydrogen-bond acceptors (Lipinski definition) is 4. The maximum absolute atomic E-state index is 9.67. The Morgan fingerprint density at radius 3 is 2.85 bits per heavy atom.